The summed E-state index contributed by atoms with van der Waals surface area (Å²) in [5.74, 6) is -0.104. The van der Waals surface area contributed by atoms with Gasteiger partial charge in [0.25, 0.3) is 0 Å². The van der Waals surface area contributed by atoms with Crippen LogP contribution in [0, 0.1) is 19.7 Å². The van der Waals surface area contributed by atoms with Gasteiger partial charge < -0.3 is 0 Å². The first-order valence-corrected chi connectivity index (χ1v) is 7.44. The summed E-state index contributed by atoms with van der Waals surface area (Å²) in [4.78, 5) is 0.113. The number of hydrogen-bond acceptors (Lipinski definition) is 0. The van der Waals surface area contributed by atoms with E-state index in [4.69, 9.17) is 0 Å². The normalized spacial score (nSPS) is 12.5. The van der Waals surface area contributed by atoms with Crippen LogP contribution in [-0.2, 0) is 6.42 Å². The van der Waals surface area contributed by atoms with E-state index < -0.39 is 0 Å². The summed E-state index contributed by atoms with van der Waals surface area (Å²) in [6, 6.07) is 12.2. The molecule has 0 amide bonds. The van der Waals surface area contributed by atoms with Gasteiger partial charge in [-0.2, -0.15) is 0 Å². The van der Waals surface area contributed by atoms with Gasteiger partial charge in [-0.15, -0.1) is 0 Å². The summed E-state index contributed by atoms with van der Waals surface area (Å²) in [5, 5.41) is 0. The van der Waals surface area contributed by atoms with Crippen molar-refractivity contribution in [1.82, 2.24) is 0 Å². The molecule has 2 aromatic rings. The van der Waals surface area contributed by atoms with Gasteiger partial charge in [-0.3, -0.25) is 0 Å². The number of benzene rings is 2. The Morgan fingerprint density at radius 3 is 2.26 bits per heavy atom. The van der Waals surface area contributed by atoms with Crippen LogP contribution >= 0.6 is 15.9 Å². The lowest BCUT2D eigenvalue weighted by atomic mass is 9.96. The van der Waals surface area contributed by atoms with Crippen LogP contribution in [0.4, 0.5) is 4.39 Å². The van der Waals surface area contributed by atoms with Crippen LogP contribution in [-0.4, -0.2) is 0 Å². The number of alkyl halides is 1. The van der Waals surface area contributed by atoms with Crippen molar-refractivity contribution >= 4 is 15.9 Å². The van der Waals surface area contributed by atoms with Gasteiger partial charge in [0.2, 0.25) is 0 Å². The van der Waals surface area contributed by atoms with Gasteiger partial charge in [-0.05, 0) is 48.1 Å². The molecule has 2 heteroatoms. The number of aryl methyl sites for hydroxylation is 3. The van der Waals surface area contributed by atoms with Crippen LogP contribution < -0.4 is 0 Å². The average Bonchev–Trinajstić information content (AvgIpc) is 2.43. The second-order valence-electron chi connectivity index (χ2n) is 4.88. The number of hydrogen-bond donors (Lipinski definition) is 0. The fourth-order valence-corrected chi connectivity index (χ4v) is 3.12. The Labute approximate surface area is 122 Å². The van der Waals surface area contributed by atoms with E-state index in [9.17, 15) is 4.39 Å². The second kappa shape index (κ2) is 5.87. The molecular formula is C17H18BrF. The van der Waals surface area contributed by atoms with Gasteiger partial charge in [0.05, 0.1) is 4.83 Å². The Bertz CT molecular complexity index is 567. The maximum absolute atomic E-state index is 13.7. The molecule has 0 saturated carbocycles. The maximum Gasteiger partial charge on any atom is 0.129 e. The molecule has 0 spiro atoms. The molecule has 0 N–H and O–H groups in total. The summed E-state index contributed by atoms with van der Waals surface area (Å²) in [7, 11) is 0. The Hall–Kier alpha value is -1.15. The van der Waals surface area contributed by atoms with E-state index in [1.54, 1.807) is 0 Å². The lowest BCUT2D eigenvalue weighted by Crippen LogP contribution is -2.00. The fraction of sp³-hybridized carbons (Fsp3) is 0.294. The largest absolute Gasteiger partial charge is 0.206 e. The predicted molar refractivity (Wildman–Crippen MR) is 82.5 cm³/mol. The van der Waals surface area contributed by atoms with Gasteiger partial charge in [0.1, 0.15) is 5.82 Å². The highest BCUT2D eigenvalue weighted by Gasteiger charge is 2.15. The summed E-state index contributed by atoms with van der Waals surface area (Å²) >= 11 is 3.76. The van der Waals surface area contributed by atoms with Crippen molar-refractivity contribution in [2.45, 2.75) is 32.0 Å². The molecule has 2 rings (SSSR count). The molecule has 0 fully saturated rings. The minimum atomic E-state index is -0.104. The summed E-state index contributed by atoms with van der Waals surface area (Å²) in [6.07, 6.45) is 0.997. The number of halogens is 2. The van der Waals surface area contributed by atoms with Gasteiger partial charge in [-0.25, -0.2) is 4.39 Å². The molecule has 0 saturated heterocycles. The number of rotatable bonds is 3. The molecule has 1 unspecified atom stereocenters. The third kappa shape index (κ3) is 2.89. The van der Waals surface area contributed by atoms with Crippen LogP contribution in [0.2, 0.25) is 0 Å². The van der Waals surface area contributed by atoms with Crippen molar-refractivity contribution < 1.29 is 4.39 Å². The predicted octanol–water partition coefficient (Wildman–Crippen LogP) is 5.49. The minimum Gasteiger partial charge on any atom is -0.206 e. The van der Waals surface area contributed by atoms with Gasteiger partial charge >= 0.3 is 0 Å². The van der Waals surface area contributed by atoms with Crippen molar-refractivity contribution in [2.24, 2.45) is 0 Å². The van der Waals surface area contributed by atoms with E-state index in [2.05, 4.69) is 41.1 Å². The monoisotopic (exact) mass is 320 g/mol. The van der Waals surface area contributed by atoms with Crippen molar-refractivity contribution in [2.75, 3.05) is 0 Å². The molecule has 0 aliphatic carbocycles. The van der Waals surface area contributed by atoms with Crippen molar-refractivity contribution in [3.63, 3.8) is 0 Å². The molecule has 0 nitrogen and oxygen atoms in total. The molecule has 0 aliphatic rings. The maximum atomic E-state index is 13.7. The topological polar surface area (TPSA) is 0 Å². The zero-order valence-electron chi connectivity index (χ0n) is 11.5. The first-order valence-electron chi connectivity index (χ1n) is 6.53. The van der Waals surface area contributed by atoms with Crippen molar-refractivity contribution in [1.29, 1.82) is 0 Å². The Morgan fingerprint density at radius 2 is 1.68 bits per heavy atom. The first-order chi connectivity index (χ1) is 9.04. The molecule has 1 atom stereocenters. The molecule has 2 aromatic carbocycles. The van der Waals surface area contributed by atoms with E-state index >= 15 is 0 Å². The third-order valence-corrected chi connectivity index (χ3v) is 4.48. The van der Waals surface area contributed by atoms with Crippen LogP contribution in [0.25, 0.3) is 0 Å². The highest BCUT2D eigenvalue weighted by molar-refractivity contribution is 9.09. The average molecular weight is 321 g/mol. The van der Waals surface area contributed by atoms with Crippen LogP contribution in [0.1, 0.15) is 39.6 Å². The molecule has 0 aromatic heterocycles. The Morgan fingerprint density at radius 1 is 1.11 bits per heavy atom. The van der Waals surface area contributed by atoms with Crippen molar-refractivity contribution in [3.8, 4) is 0 Å². The lowest BCUT2D eigenvalue weighted by molar-refractivity contribution is 0.608. The summed E-state index contributed by atoms with van der Waals surface area (Å²) in [6.45, 7) is 5.79. The van der Waals surface area contributed by atoms with Gasteiger partial charge in [0.15, 0.2) is 0 Å². The lowest BCUT2D eigenvalue weighted by Gasteiger charge is -2.16. The molecule has 0 heterocycles. The van der Waals surface area contributed by atoms with E-state index in [1.807, 2.05) is 32.0 Å². The molecule has 0 aliphatic heterocycles. The third-order valence-electron chi connectivity index (χ3n) is 3.46. The quantitative estimate of drug-likeness (QED) is 0.656. The minimum absolute atomic E-state index is 0.104. The van der Waals surface area contributed by atoms with Gasteiger partial charge in [-0.1, -0.05) is 59.3 Å². The summed E-state index contributed by atoms with van der Waals surface area (Å²) in [5.41, 5.74) is 5.10. The van der Waals surface area contributed by atoms with E-state index in [0.717, 1.165) is 12.0 Å². The Balaban J connectivity index is 2.47. The van der Waals surface area contributed by atoms with E-state index in [0.29, 0.717) is 11.1 Å². The molecule has 0 bridgehead atoms. The molecule has 0 radical (unpaired) electrons. The summed E-state index contributed by atoms with van der Waals surface area (Å²) < 4.78 is 13.7. The second-order valence-corrected chi connectivity index (χ2v) is 5.80. The van der Waals surface area contributed by atoms with E-state index in [1.165, 1.54) is 11.1 Å². The molecule has 100 valence electrons. The fourth-order valence-electron chi connectivity index (χ4n) is 2.41. The highest BCUT2D eigenvalue weighted by Crippen LogP contribution is 2.34. The SMILES string of the molecule is CCc1ccccc1C(Br)c1cc(C)c(F)c(C)c1. The zero-order chi connectivity index (χ0) is 14.0. The molecular weight excluding hydrogens is 303 g/mol. The van der Waals surface area contributed by atoms with Gasteiger partial charge in [0, 0.05) is 0 Å². The van der Waals surface area contributed by atoms with Crippen LogP contribution in [0.15, 0.2) is 36.4 Å². The standard InChI is InChI=1S/C17H18BrF/c1-4-13-7-5-6-8-15(13)16(18)14-9-11(2)17(19)12(3)10-14/h5-10,16H,4H2,1-3H3. The zero-order valence-corrected chi connectivity index (χ0v) is 13.1. The van der Waals surface area contributed by atoms with Crippen LogP contribution in [0.5, 0.6) is 0 Å². The van der Waals surface area contributed by atoms with E-state index in [-0.39, 0.29) is 10.6 Å². The molecule has 19 heavy (non-hydrogen) atoms. The van der Waals surface area contributed by atoms with Crippen LogP contribution in [0.3, 0.4) is 0 Å². The smallest absolute Gasteiger partial charge is 0.129 e. The first kappa shape index (κ1) is 14.3. The Kier molecular flexibility index (Phi) is 4.41. The van der Waals surface area contributed by atoms with Crippen molar-refractivity contribution in [3.05, 3.63) is 70.0 Å². The highest BCUT2D eigenvalue weighted by atomic mass is 79.9.